The zero-order chi connectivity index (χ0) is 18.0. The molecule has 0 spiro atoms. The van der Waals surface area contributed by atoms with Crippen LogP contribution in [-0.4, -0.2) is 21.8 Å². The maximum Gasteiger partial charge on any atom is 0.147 e. The van der Waals surface area contributed by atoms with Gasteiger partial charge in [-0.25, -0.2) is 0 Å². The first-order valence-electron chi connectivity index (χ1n) is 10.5. The molecule has 3 heteroatoms. The number of hydrogen-bond donors (Lipinski definition) is 1. The Morgan fingerprint density at radius 1 is 0.960 bits per heavy atom. The second-order valence-electron chi connectivity index (χ2n) is 10.6. The van der Waals surface area contributed by atoms with Gasteiger partial charge in [0.25, 0.3) is 0 Å². The van der Waals surface area contributed by atoms with E-state index in [1.54, 1.807) is 0 Å². The molecule has 0 aromatic carbocycles. The molecule has 0 heterocycles. The molecule has 4 fully saturated rings. The van der Waals surface area contributed by atoms with Crippen molar-refractivity contribution in [1.82, 2.24) is 0 Å². The van der Waals surface area contributed by atoms with Crippen LogP contribution in [0.3, 0.4) is 0 Å². The van der Waals surface area contributed by atoms with Crippen LogP contribution in [0.5, 0.6) is 0 Å². The SMILES string of the molecule is CC12CC[C@H]3C(CC[C@@H]4C[C@](C)(O)CC[C@@]43C)[C@@H]1CC[C@@H]2C(=O)CBr. The van der Waals surface area contributed by atoms with Gasteiger partial charge < -0.3 is 5.11 Å². The number of halogens is 1. The summed E-state index contributed by atoms with van der Waals surface area (Å²) < 4.78 is 0. The van der Waals surface area contributed by atoms with Crippen molar-refractivity contribution < 1.29 is 9.90 Å². The number of ketones is 1. The molecule has 8 atom stereocenters. The second kappa shape index (κ2) is 6.06. The highest BCUT2D eigenvalue weighted by Crippen LogP contribution is 2.68. The van der Waals surface area contributed by atoms with Crippen molar-refractivity contribution in [2.75, 3.05) is 5.33 Å². The highest BCUT2D eigenvalue weighted by atomic mass is 79.9. The molecule has 0 amide bonds. The molecule has 4 rings (SSSR count). The molecule has 1 N–H and O–H groups in total. The third-order valence-electron chi connectivity index (χ3n) is 9.47. The quantitative estimate of drug-likeness (QED) is 0.621. The molecule has 2 nitrogen and oxygen atoms in total. The molecule has 0 aliphatic heterocycles. The highest BCUT2D eigenvalue weighted by molar-refractivity contribution is 9.09. The van der Waals surface area contributed by atoms with Crippen LogP contribution in [0.1, 0.15) is 78.6 Å². The smallest absolute Gasteiger partial charge is 0.147 e. The molecule has 142 valence electrons. The minimum absolute atomic E-state index is 0.245. The predicted octanol–water partition coefficient (Wildman–Crippen LogP) is 5.36. The van der Waals surface area contributed by atoms with E-state index in [9.17, 15) is 9.90 Å². The largest absolute Gasteiger partial charge is 0.390 e. The fraction of sp³-hybridized carbons (Fsp3) is 0.955. The standard InChI is InChI=1S/C22H35BrO2/c1-20(25)10-11-21(2)14(12-20)4-5-15-16-6-7-18(19(24)13-23)22(16,3)9-8-17(15)21/h14-18,25H,4-13H2,1-3H3/t14-,15?,16+,17+,18-,20-,21+,22?/m1/s1. The van der Waals surface area contributed by atoms with Gasteiger partial charge in [0.1, 0.15) is 5.78 Å². The van der Waals surface area contributed by atoms with Crippen molar-refractivity contribution in [1.29, 1.82) is 0 Å². The summed E-state index contributed by atoms with van der Waals surface area (Å²) in [6, 6.07) is 0. The average Bonchev–Trinajstić information content (AvgIpc) is 2.92. The van der Waals surface area contributed by atoms with Gasteiger partial charge in [-0.3, -0.25) is 4.79 Å². The van der Waals surface area contributed by atoms with Gasteiger partial charge in [-0.2, -0.15) is 0 Å². The molecule has 25 heavy (non-hydrogen) atoms. The van der Waals surface area contributed by atoms with Crippen LogP contribution in [-0.2, 0) is 4.79 Å². The van der Waals surface area contributed by atoms with E-state index in [1.807, 2.05) is 6.92 Å². The van der Waals surface area contributed by atoms with Crippen molar-refractivity contribution in [2.24, 2.45) is 40.4 Å². The molecule has 0 radical (unpaired) electrons. The van der Waals surface area contributed by atoms with E-state index >= 15 is 0 Å². The molecule has 4 aliphatic rings. The van der Waals surface area contributed by atoms with E-state index in [0.29, 0.717) is 22.4 Å². The Labute approximate surface area is 161 Å². The zero-order valence-corrected chi connectivity index (χ0v) is 17.8. The van der Waals surface area contributed by atoms with Crippen LogP contribution < -0.4 is 0 Å². The molecule has 0 bridgehead atoms. The fourth-order valence-corrected chi connectivity index (χ4v) is 8.44. The van der Waals surface area contributed by atoms with Crippen molar-refractivity contribution in [3.8, 4) is 0 Å². The minimum Gasteiger partial charge on any atom is -0.390 e. The van der Waals surface area contributed by atoms with Crippen LogP contribution in [0.2, 0.25) is 0 Å². The van der Waals surface area contributed by atoms with Crippen molar-refractivity contribution in [3.63, 3.8) is 0 Å². The molecular formula is C22H35BrO2. The molecular weight excluding hydrogens is 376 g/mol. The Morgan fingerprint density at radius 3 is 2.40 bits per heavy atom. The Balaban J connectivity index is 1.59. The maximum atomic E-state index is 12.5. The van der Waals surface area contributed by atoms with Gasteiger partial charge in [-0.15, -0.1) is 0 Å². The van der Waals surface area contributed by atoms with Crippen LogP contribution in [0.15, 0.2) is 0 Å². The molecule has 4 aliphatic carbocycles. The lowest BCUT2D eigenvalue weighted by molar-refractivity contribution is -0.150. The summed E-state index contributed by atoms with van der Waals surface area (Å²) in [6.45, 7) is 7.03. The highest BCUT2D eigenvalue weighted by Gasteiger charge is 2.61. The Morgan fingerprint density at radius 2 is 1.68 bits per heavy atom. The Kier molecular flexibility index (Phi) is 4.47. The lowest BCUT2D eigenvalue weighted by Gasteiger charge is -2.61. The van der Waals surface area contributed by atoms with Crippen LogP contribution >= 0.6 is 15.9 Å². The number of Topliss-reactive ketones (excluding diaryl/α,β-unsaturated/α-hetero) is 1. The van der Waals surface area contributed by atoms with E-state index < -0.39 is 5.60 Å². The summed E-state index contributed by atoms with van der Waals surface area (Å²) in [6.07, 6.45) is 10.7. The average molecular weight is 411 g/mol. The van der Waals surface area contributed by atoms with Crippen molar-refractivity contribution in [3.05, 3.63) is 0 Å². The molecule has 0 aromatic rings. The first kappa shape index (κ1) is 18.5. The number of carbonyl (C=O) groups is 1. The first-order valence-corrected chi connectivity index (χ1v) is 11.6. The van der Waals surface area contributed by atoms with Gasteiger partial charge >= 0.3 is 0 Å². The summed E-state index contributed by atoms with van der Waals surface area (Å²) in [5.41, 5.74) is 0.223. The van der Waals surface area contributed by atoms with E-state index in [4.69, 9.17) is 0 Å². The lowest BCUT2D eigenvalue weighted by atomic mass is 9.44. The number of carbonyl (C=O) groups excluding carboxylic acids is 1. The minimum atomic E-state index is -0.444. The normalized spacial score (nSPS) is 55.2. The summed E-state index contributed by atoms with van der Waals surface area (Å²) in [5, 5.41) is 11.1. The monoisotopic (exact) mass is 410 g/mol. The summed E-state index contributed by atoms with van der Waals surface area (Å²) in [5.74, 6) is 3.81. The fourth-order valence-electron chi connectivity index (χ4n) is 8.05. The van der Waals surface area contributed by atoms with Gasteiger partial charge in [0.2, 0.25) is 0 Å². The van der Waals surface area contributed by atoms with Gasteiger partial charge in [0, 0.05) is 5.92 Å². The lowest BCUT2D eigenvalue weighted by Crippen LogP contribution is -2.55. The van der Waals surface area contributed by atoms with E-state index in [-0.39, 0.29) is 11.3 Å². The maximum absolute atomic E-state index is 12.5. The Bertz CT molecular complexity index is 558. The third kappa shape index (κ3) is 2.70. The number of alkyl halides is 1. The first-order chi connectivity index (χ1) is 11.7. The number of fused-ring (bicyclic) bond motifs is 5. The zero-order valence-electron chi connectivity index (χ0n) is 16.2. The number of rotatable bonds is 2. The molecule has 0 saturated heterocycles. The van der Waals surface area contributed by atoms with Gasteiger partial charge in [0.15, 0.2) is 0 Å². The van der Waals surface area contributed by atoms with Gasteiger partial charge in [0.05, 0.1) is 10.9 Å². The molecule has 0 aromatic heterocycles. The van der Waals surface area contributed by atoms with E-state index in [0.717, 1.165) is 37.0 Å². The van der Waals surface area contributed by atoms with Crippen LogP contribution in [0.4, 0.5) is 0 Å². The van der Waals surface area contributed by atoms with E-state index in [2.05, 4.69) is 29.8 Å². The van der Waals surface area contributed by atoms with Crippen molar-refractivity contribution >= 4 is 21.7 Å². The Hall–Kier alpha value is 0.110. The van der Waals surface area contributed by atoms with Crippen molar-refractivity contribution in [2.45, 2.75) is 84.2 Å². The predicted molar refractivity (Wildman–Crippen MR) is 105 cm³/mol. The summed E-state index contributed by atoms with van der Waals surface area (Å²) in [4.78, 5) is 12.5. The topological polar surface area (TPSA) is 37.3 Å². The molecule has 2 unspecified atom stereocenters. The number of hydrogen-bond acceptors (Lipinski definition) is 2. The third-order valence-corrected chi connectivity index (χ3v) is 10.0. The number of aliphatic hydroxyl groups is 1. The summed E-state index contributed by atoms with van der Waals surface area (Å²) >= 11 is 3.43. The van der Waals surface area contributed by atoms with Crippen LogP contribution in [0.25, 0.3) is 0 Å². The summed E-state index contributed by atoms with van der Waals surface area (Å²) in [7, 11) is 0. The second-order valence-corrected chi connectivity index (χ2v) is 11.2. The van der Waals surface area contributed by atoms with Crippen LogP contribution in [0, 0.1) is 40.4 Å². The van der Waals surface area contributed by atoms with Gasteiger partial charge in [-0.05, 0) is 99.2 Å². The van der Waals surface area contributed by atoms with E-state index in [1.165, 1.54) is 38.5 Å². The molecule has 4 saturated carbocycles. The van der Waals surface area contributed by atoms with Gasteiger partial charge in [-0.1, -0.05) is 29.8 Å².